The molecule has 126 valence electrons. The molecule has 4 nitrogen and oxygen atoms in total. The third-order valence-corrected chi connectivity index (χ3v) is 3.60. The number of halogens is 4. The number of benzene rings is 2. The van der Waals surface area contributed by atoms with Gasteiger partial charge in [0.2, 0.25) is 0 Å². The average Bonchev–Trinajstić information content (AvgIpc) is 2.51. The van der Waals surface area contributed by atoms with E-state index in [9.17, 15) is 22.8 Å². The van der Waals surface area contributed by atoms with Crippen LogP contribution >= 0.6 is 11.6 Å². The molecule has 0 unspecified atom stereocenters. The number of hydrogen-bond donors (Lipinski definition) is 2. The summed E-state index contributed by atoms with van der Waals surface area (Å²) in [6.45, 7) is 1.67. The molecule has 0 aromatic heterocycles. The molecule has 0 bridgehead atoms. The van der Waals surface area contributed by atoms with Crippen molar-refractivity contribution < 1.29 is 22.8 Å². The van der Waals surface area contributed by atoms with Crippen LogP contribution in [0.5, 0.6) is 0 Å². The highest BCUT2D eigenvalue weighted by Crippen LogP contribution is 2.29. The summed E-state index contributed by atoms with van der Waals surface area (Å²) in [6.07, 6.45) is -4.47. The maximum absolute atomic E-state index is 12.5. The average molecular weight is 357 g/mol. The molecule has 0 spiro atoms. The molecule has 0 aliphatic heterocycles. The highest BCUT2D eigenvalue weighted by molar-refractivity contribution is 6.44. The first-order valence-electron chi connectivity index (χ1n) is 6.73. The predicted molar refractivity (Wildman–Crippen MR) is 84.9 cm³/mol. The number of carbonyl (C=O) groups is 2. The molecular formula is C16H12ClF3N2O2. The lowest BCUT2D eigenvalue weighted by Gasteiger charge is -2.10. The van der Waals surface area contributed by atoms with E-state index in [0.29, 0.717) is 16.3 Å². The topological polar surface area (TPSA) is 58.2 Å². The van der Waals surface area contributed by atoms with Crippen LogP contribution in [-0.2, 0) is 15.8 Å². The van der Waals surface area contributed by atoms with Crippen LogP contribution in [0.1, 0.15) is 11.1 Å². The lowest BCUT2D eigenvalue weighted by Crippen LogP contribution is -2.29. The summed E-state index contributed by atoms with van der Waals surface area (Å²) in [5.41, 5.74) is 0.190. The second-order valence-electron chi connectivity index (χ2n) is 4.90. The van der Waals surface area contributed by atoms with Crippen LogP contribution in [-0.4, -0.2) is 11.8 Å². The van der Waals surface area contributed by atoms with E-state index in [2.05, 4.69) is 10.6 Å². The number of hydrogen-bond acceptors (Lipinski definition) is 2. The van der Waals surface area contributed by atoms with Crippen LogP contribution in [0.15, 0.2) is 42.5 Å². The van der Waals surface area contributed by atoms with E-state index in [4.69, 9.17) is 11.6 Å². The Kier molecular flexibility index (Phi) is 5.14. The number of carbonyl (C=O) groups excluding carboxylic acids is 2. The zero-order valence-corrected chi connectivity index (χ0v) is 13.1. The van der Waals surface area contributed by atoms with Gasteiger partial charge in [-0.25, -0.2) is 0 Å². The minimum Gasteiger partial charge on any atom is -0.318 e. The fourth-order valence-corrected chi connectivity index (χ4v) is 2.03. The third kappa shape index (κ3) is 4.26. The molecule has 2 aromatic rings. The number of anilines is 2. The standard InChI is InChI=1S/C16H12ClF3N2O2/c1-9-12(17)3-2-4-13(9)22-15(24)14(23)21-11-7-5-10(6-8-11)16(18,19)20/h2-8H,1H3,(H,21,23)(H,22,24). The number of amides is 2. The fraction of sp³-hybridized carbons (Fsp3) is 0.125. The van der Waals surface area contributed by atoms with Gasteiger partial charge < -0.3 is 10.6 Å². The molecule has 0 atom stereocenters. The summed E-state index contributed by atoms with van der Waals surface area (Å²) in [4.78, 5) is 23.7. The van der Waals surface area contributed by atoms with Gasteiger partial charge in [0.25, 0.3) is 0 Å². The summed E-state index contributed by atoms with van der Waals surface area (Å²) in [5, 5.41) is 5.04. The second-order valence-corrected chi connectivity index (χ2v) is 5.30. The summed E-state index contributed by atoms with van der Waals surface area (Å²) in [5.74, 6) is -1.96. The Morgan fingerprint density at radius 3 is 2.12 bits per heavy atom. The Labute approximate surface area is 140 Å². The Morgan fingerprint density at radius 2 is 1.54 bits per heavy atom. The maximum atomic E-state index is 12.5. The minimum atomic E-state index is -4.47. The van der Waals surface area contributed by atoms with Crippen LogP contribution in [0.25, 0.3) is 0 Å². The molecule has 0 aliphatic rings. The zero-order chi connectivity index (χ0) is 17.9. The summed E-state index contributed by atoms with van der Waals surface area (Å²) in [7, 11) is 0. The van der Waals surface area contributed by atoms with Crippen molar-refractivity contribution >= 4 is 34.8 Å². The van der Waals surface area contributed by atoms with Crippen molar-refractivity contribution in [2.24, 2.45) is 0 Å². The van der Waals surface area contributed by atoms with Crippen molar-refractivity contribution in [3.63, 3.8) is 0 Å². The summed E-state index contributed by atoms with van der Waals surface area (Å²) >= 11 is 5.91. The molecule has 24 heavy (non-hydrogen) atoms. The largest absolute Gasteiger partial charge is 0.416 e. The van der Waals surface area contributed by atoms with E-state index in [-0.39, 0.29) is 5.69 Å². The van der Waals surface area contributed by atoms with E-state index in [0.717, 1.165) is 24.3 Å². The van der Waals surface area contributed by atoms with Gasteiger partial charge >= 0.3 is 18.0 Å². The van der Waals surface area contributed by atoms with Crippen LogP contribution < -0.4 is 10.6 Å². The lowest BCUT2D eigenvalue weighted by molar-refractivity contribution is -0.137. The molecule has 0 radical (unpaired) electrons. The predicted octanol–water partition coefficient (Wildman–Crippen LogP) is 4.24. The van der Waals surface area contributed by atoms with Gasteiger partial charge in [-0.05, 0) is 48.9 Å². The molecule has 0 fully saturated rings. The summed E-state index contributed by atoms with van der Waals surface area (Å²) in [6, 6.07) is 8.58. The fourth-order valence-electron chi connectivity index (χ4n) is 1.85. The van der Waals surface area contributed by atoms with Crippen molar-refractivity contribution in [2.75, 3.05) is 10.6 Å². The molecule has 0 aliphatic carbocycles. The molecular weight excluding hydrogens is 345 g/mol. The number of nitrogens with one attached hydrogen (secondary N) is 2. The lowest BCUT2D eigenvalue weighted by atomic mass is 10.2. The van der Waals surface area contributed by atoms with Crippen LogP contribution in [0, 0.1) is 6.92 Å². The van der Waals surface area contributed by atoms with E-state index in [1.807, 2.05) is 0 Å². The molecule has 0 heterocycles. The maximum Gasteiger partial charge on any atom is 0.416 e. The highest BCUT2D eigenvalue weighted by Gasteiger charge is 2.30. The highest BCUT2D eigenvalue weighted by atomic mass is 35.5. The Hall–Kier alpha value is -2.54. The molecule has 2 amide bonds. The van der Waals surface area contributed by atoms with Crippen LogP contribution in [0.3, 0.4) is 0 Å². The first kappa shape index (κ1) is 17.8. The quantitative estimate of drug-likeness (QED) is 0.790. The third-order valence-electron chi connectivity index (χ3n) is 3.19. The number of alkyl halides is 3. The van der Waals surface area contributed by atoms with E-state index in [1.165, 1.54) is 0 Å². The van der Waals surface area contributed by atoms with E-state index < -0.39 is 23.6 Å². The van der Waals surface area contributed by atoms with Crippen LogP contribution in [0.2, 0.25) is 5.02 Å². The van der Waals surface area contributed by atoms with Gasteiger partial charge in [0.15, 0.2) is 0 Å². The first-order valence-corrected chi connectivity index (χ1v) is 7.11. The molecule has 0 saturated carbocycles. The minimum absolute atomic E-state index is 0.0750. The summed E-state index contributed by atoms with van der Waals surface area (Å²) < 4.78 is 37.4. The SMILES string of the molecule is Cc1c(Cl)cccc1NC(=O)C(=O)Nc1ccc(C(F)(F)F)cc1. The monoisotopic (exact) mass is 356 g/mol. The normalized spacial score (nSPS) is 11.0. The van der Waals surface area contributed by atoms with Gasteiger partial charge in [-0.2, -0.15) is 13.2 Å². The van der Waals surface area contributed by atoms with Crippen molar-refractivity contribution in [2.45, 2.75) is 13.1 Å². The van der Waals surface area contributed by atoms with Crippen LogP contribution in [0.4, 0.5) is 24.5 Å². The molecule has 2 rings (SSSR count). The molecule has 2 N–H and O–H groups in total. The Morgan fingerprint density at radius 1 is 0.958 bits per heavy atom. The van der Waals surface area contributed by atoms with Gasteiger partial charge in [-0.15, -0.1) is 0 Å². The molecule has 0 saturated heterocycles. The van der Waals surface area contributed by atoms with Gasteiger partial charge in [-0.1, -0.05) is 17.7 Å². The second kappa shape index (κ2) is 6.92. The Bertz CT molecular complexity index is 774. The van der Waals surface area contributed by atoms with E-state index >= 15 is 0 Å². The van der Waals surface area contributed by atoms with Crippen molar-refractivity contribution in [3.8, 4) is 0 Å². The van der Waals surface area contributed by atoms with Gasteiger partial charge in [-0.3, -0.25) is 9.59 Å². The van der Waals surface area contributed by atoms with Gasteiger partial charge in [0.1, 0.15) is 0 Å². The van der Waals surface area contributed by atoms with Crippen molar-refractivity contribution in [1.29, 1.82) is 0 Å². The Balaban J connectivity index is 2.04. The molecule has 2 aromatic carbocycles. The van der Waals surface area contributed by atoms with Crippen molar-refractivity contribution in [3.05, 3.63) is 58.6 Å². The number of rotatable bonds is 2. The van der Waals surface area contributed by atoms with Gasteiger partial charge in [0, 0.05) is 16.4 Å². The zero-order valence-electron chi connectivity index (χ0n) is 12.4. The first-order chi connectivity index (χ1) is 11.2. The van der Waals surface area contributed by atoms with Crippen molar-refractivity contribution in [1.82, 2.24) is 0 Å². The van der Waals surface area contributed by atoms with E-state index in [1.54, 1.807) is 25.1 Å². The molecule has 8 heteroatoms. The van der Waals surface area contributed by atoms with Gasteiger partial charge in [0.05, 0.1) is 5.56 Å². The smallest absolute Gasteiger partial charge is 0.318 e.